The van der Waals surface area contributed by atoms with Crippen molar-refractivity contribution >= 4 is 5.97 Å². The lowest BCUT2D eigenvalue weighted by Crippen LogP contribution is -2.60. The molecule has 6 heteroatoms. The van der Waals surface area contributed by atoms with Crippen LogP contribution in [0, 0.1) is 5.41 Å². The van der Waals surface area contributed by atoms with Gasteiger partial charge in [-0.25, -0.2) is 0 Å². The predicted octanol–water partition coefficient (Wildman–Crippen LogP) is 1.82. The highest BCUT2D eigenvalue weighted by molar-refractivity contribution is 5.75. The van der Waals surface area contributed by atoms with Crippen LogP contribution in [0.1, 0.15) is 32.6 Å². The number of benzene rings is 1. The van der Waals surface area contributed by atoms with Gasteiger partial charge in [0, 0.05) is 5.56 Å². The van der Waals surface area contributed by atoms with Crippen LogP contribution >= 0.6 is 0 Å². The van der Waals surface area contributed by atoms with E-state index in [0.717, 1.165) is 5.56 Å². The van der Waals surface area contributed by atoms with Crippen LogP contribution in [0.4, 0.5) is 0 Å². The first-order valence-corrected chi connectivity index (χ1v) is 8.19. The number of hydrogen-bond donors (Lipinski definition) is 1. The lowest BCUT2D eigenvalue weighted by Gasteiger charge is -2.45. The Hall–Kier alpha value is -1.47. The Kier molecular flexibility index (Phi) is 4.92. The Morgan fingerprint density at radius 3 is 2.54 bits per heavy atom. The summed E-state index contributed by atoms with van der Waals surface area (Å²) < 4.78 is 22.9. The fraction of sp³-hybridized carbons (Fsp3) is 0.611. The van der Waals surface area contributed by atoms with E-state index in [9.17, 15) is 9.90 Å². The van der Waals surface area contributed by atoms with Crippen molar-refractivity contribution in [2.24, 2.45) is 5.41 Å². The van der Waals surface area contributed by atoms with Gasteiger partial charge in [0.1, 0.15) is 18.3 Å². The van der Waals surface area contributed by atoms with Crippen molar-refractivity contribution in [3.8, 4) is 0 Å². The van der Waals surface area contributed by atoms with Gasteiger partial charge in [-0.15, -0.1) is 0 Å². The van der Waals surface area contributed by atoms with E-state index in [-0.39, 0.29) is 18.7 Å². The van der Waals surface area contributed by atoms with E-state index in [4.69, 9.17) is 18.9 Å². The summed E-state index contributed by atoms with van der Waals surface area (Å²) in [5.74, 6) is -0.376. The largest absolute Gasteiger partial charge is 0.456 e. The Bertz CT molecular complexity index is 567. The Morgan fingerprint density at radius 1 is 1.17 bits per heavy atom. The fourth-order valence-corrected chi connectivity index (χ4v) is 2.75. The minimum atomic E-state index is -0.924. The number of hydrogen-bond acceptors (Lipinski definition) is 6. The number of ether oxygens (including phenoxy) is 4. The standard InChI is InChI=1S/C18H24O6/c1-18(2,3)17(20)24-14-12(19)9-21-13-10-22-16(23-15(13)14)11-7-5-4-6-8-11/h4-8,12-16,19H,9-10H2,1-3H3/t12-,13+,14+,15?,16+/m0/s1. The molecule has 6 nitrogen and oxygen atoms in total. The molecule has 3 rings (SSSR count). The van der Waals surface area contributed by atoms with Gasteiger partial charge in [-0.1, -0.05) is 30.3 Å². The lowest BCUT2D eigenvalue weighted by molar-refractivity contribution is -0.316. The molecule has 1 unspecified atom stereocenters. The van der Waals surface area contributed by atoms with Gasteiger partial charge in [-0.05, 0) is 20.8 Å². The van der Waals surface area contributed by atoms with Crippen LogP contribution < -0.4 is 0 Å². The number of aliphatic hydroxyl groups excluding tert-OH is 1. The normalized spacial score (nSPS) is 33.6. The molecule has 2 fully saturated rings. The quantitative estimate of drug-likeness (QED) is 0.831. The molecule has 132 valence electrons. The van der Waals surface area contributed by atoms with E-state index >= 15 is 0 Å². The first kappa shape index (κ1) is 17.4. The predicted molar refractivity (Wildman–Crippen MR) is 85.1 cm³/mol. The third-order valence-electron chi connectivity index (χ3n) is 4.17. The second-order valence-corrected chi connectivity index (χ2v) is 7.24. The smallest absolute Gasteiger partial charge is 0.311 e. The minimum Gasteiger partial charge on any atom is -0.456 e. The second-order valence-electron chi connectivity index (χ2n) is 7.24. The summed E-state index contributed by atoms with van der Waals surface area (Å²) in [5, 5.41) is 10.3. The van der Waals surface area contributed by atoms with Gasteiger partial charge in [0.05, 0.1) is 18.6 Å². The van der Waals surface area contributed by atoms with Gasteiger partial charge in [0.2, 0.25) is 0 Å². The Labute approximate surface area is 141 Å². The third kappa shape index (κ3) is 3.62. The van der Waals surface area contributed by atoms with Gasteiger partial charge in [0.15, 0.2) is 12.4 Å². The van der Waals surface area contributed by atoms with Gasteiger partial charge in [0.25, 0.3) is 0 Å². The van der Waals surface area contributed by atoms with E-state index in [1.54, 1.807) is 20.8 Å². The van der Waals surface area contributed by atoms with Crippen LogP contribution in [0.2, 0.25) is 0 Å². The molecule has 0 bridgehead atoms. The molecule has 5 atom stereocenters. The van der Waals surface area contributed by atoms with E-state index in [0.29, 0.717) is 6.61 Å². The maximum Gasteiger partial charge on any atom is 0.311 e. The SMILES string of the molecule is CC(C)(C)C(=O)O[C@H]1C2O[C@H](c3ccccc3)OC[C@H]2OC[C@@H]1O. The zero-order valence-electron chi connectivity index (χ0n) is 14.2. The van der Waals surface area contributed by atoms with Crippen molar-refractivity contribution in [2.45, 2.75) is 51.5 Å². The van der Waals surface area contributed by atoms with Crippen LogP contribution in [0.5, 0.6) is 0 Å². The van der Waals surface area contributed by atoms with Crippen LogP contribution in [-0.4, -0.2) is 48.7 Å². The van der Waals surface area contributed by atoms with Crippen LogP contribution in [0.25, 0.3) is 0 Å². The number of esters is 1. The second kappa shape index (κ2) is 6.80. The molecule has 1 aromatic rings. The minimum absolute atomic E-state index is 0.0893. The maximum atomic E-state index is 12.2. The highest BCUT2D eigenvalue weighted by Crippen LogP contribution is 2.34. The monoisotopic (exact) mass is 336 g/mol. The molecule has 0 spiro atoms. The average Bonchev–Trinajstić information content (AvgIpc) is 2.57. The zero-order valence-corrected chi connectivity index (χ0v) is 14.2. The number of carbonyl (C=O) groups is 1. The van der Waals surface area contributed by atoms with E-state index in [1.807, 2.05) is 30.3 Å². The molecule has 1 aromatic carbocycles. The molecule has 0 saturated carbocycles. The highest BCUT2D eigenvalue weighted by atomic mass is 16.7. The third-order valence-corrected chi connectivity index (χ3v) is 4.17. The van der Waals surface area contributed by atoms with Crippen molar-refractivity contribution in [1.82, 2.24) is 0 Å². The van der Waals surface area contributed by atoms with Crippen molar-refractivity contribution in [2.75, 3.05) is 13.2 Å². The molecule has 1 N–H and O–H groups in total. The Balaban J connectivity index is 1.76. The van der Waals surface area contributed by atoms with Crippen LogP contribution in [0.3, 0.4) is 0 Å². The number of aliphatic hydroxyl groups is 1. The molecule has 2 heterocycles. The molecular weight excluding hydrogens is 312 g/mol. The average molecular weight is 336 g/mol. The van der Waals surface area contributed by atoms with Crippen molar-refractivity contribution in [1.29, 1.82) is 0 Å². The summed E-state index contributed by atoms with van der Waals surface area (Å²) in [6.45, 7) is 5.73. The fourth-order valence-electron chi connectivity index (χ4n) is 2.75. The zero-order chi connectivity index (χ0) is 17.3. The van der Waals surface area contributed by atoms with Gasteiger partial charge in [-0.2, -0.15) is 0 Å². The molecule has 0 amide bonds. The molecular formula is C18H24O6. The van der Waals surface area contributed by atoms with Gasteiger partial charge < -0.3 is 24.1 Å². The van der Waals surface area contributed by atoms with E-state index in [1.165, 1.54) is 0 Å². The Morgan fingerprint density at radius 2 is 1.88 bits per heavy atom. The van der Waals surface area contributed by atoms with E-state index in [2.05, 4.69) is 0 Å². The first-order chi connectivity index (χ1) is 11.4. The van der Waals surface area contributed by atoms with E-state index < -0.39 is 30.0 Å². The number of carbonyl (C=O) groups excluding carboxylic acids is 1. The molecule has 2 saturated heterocycles. The van der Waals surface area contributed by atoms with Crippen LogP contribution in [0.15, 0.2) is 30.3 Å². The maximum absolute atomic E-state index is 12.2. The molecule has 24 heavy (non-hydrogen) atoms. The molecule has 2 aliphatic rings. The molecule has 0 aliphatic carbocycles. The summed E-state index contributed by atoms with van der Waals surface area (Å²) in [6, 6.07) is 9.52. The summed E-state index contributed by atoms with van der Waals surface area (Å²) in [5.41, 5.74) is 0.217. The summed E-state index contributed by atoms with van der Waals surface area (Å²) in [4.78, 5) is 12.2. The highest BCUT2D eigenvalue weighted by Gasteiger charge is 2.48. The molecule has 0 aromatic heterocycles. The molecule has 2 aliphatic heterocycles. The number of rotatable bonds is 2. The van der Waals surface area contributed by atoms with Crippen molar-refractivity contribution in [3.05, 3.63) is 35.9 Å². The topological polar surface area (TPSA) is 74.2 Å². The van der Waals surface area contributed by atoms with Crippen LogP contribution in [-0.2, 0) is 23.7 Å². The lowest BCUT2D eigenvalue weighted by atomic mass is 9.95. The summed E-state index contributed by atoms with van der Waals surface area (Å²) in [7, 11) is 0. The van der Waals surface area contributed by atoms with Crippen molar-refractivity contribution < 1.29 is 28.8 Å². The summed E-state index contributed by atoms with van der Waals surface area (Å²) >= 11 is 0. The molecule has 0 radical (unpaired) electrons. The van der Waals surface area contributed by atoms with Gasteiger partial charge in [-0.3, -0.25) is 4.79 Å². The number of fused-ring (bicyclic) bond motifs is 1. The summed E-state index contributed by atoms with van der Waals surface area (Å²) in [6.07, 6.45) is -3.21. The first-order valence-electron chi connectivity index (χ1n) is 8.19. The van der Waals surface area contributed by atoms with Crippen molar-refractivity contribution in [3.63, 3.8) is 0 Å². The van der Waals surface area contributed by atoms with Gasteiger partial charge >= 0.3 is 5.97 Å².